The van der Waals surface area contributed by atoms with E-state index in [1.807, 2.05) is 18.2 Å². The lowest BCUT2D eigenvalue weighted by Crippen LogP contribution is -2.33. The molecule has 0 aromatic heterocycles. The van der Waals surface area contributed by atoms with E-state index in [1.165, 1.54) is 0 Å². The molecule has 0 spiro atoms. The molecule has 0 saturated carbocycles. The summed E-state index contributed by atoms with van der Waals surface area (Å²) >= 11 is 0. The van der Waals surface area contributed by atoms with Crippen molar-refractivity contribution in [1.29, 1.82) is 0 Å². The average molecular weight is 210 g/mol. The quantitative estimate of drug-likeness (QED) is 0.701. The fraction of sp³-hybridized carbons (Fsp3) is 0.500. The SMILES string of the molecule is C=C1C=CC(C(C(C)O)C(OC)OC)=C1. The second-order valence-corrected chi connectivity index (χ2v) is 3.66. The first-order valence-corrected chi connectivity index (χ1v) is 4.92. The van der Waals surface area contributed by atoms with Crippen LogP contribution >= 0.6 is 0 Å². The van der Waals surface area contributed by atoms with E-state index < -0.39 is 12.4 Å². The molecule has 0 aliphatic heterocycles. The molecule has 0 saturated heterocycles. The van der Waals surface area contributed by atoms with Gasteiger partial charge in [-0.05, 0) is 18.1 Å². The Bertz CT molecular complexity index is 285. The van der Waals surface area contributed by atoms with Gasteiger partial charge in [-0.2, -0.15) is 0 Å². The van der Waals surface area contributed by atoms with Crippen LogP contribution in [0.25, 0.3) is 0 Å². The van der Waals surface area contributed by atoms with Crippen molar-refractivity contribution < 1.29 is 14.6 Å². The minimum absolute atomic E-state index is 0.185. The standard InChI is InChI=1S/C12H18O3/c1-8-5-6-10(7-8)11(9(2)13)12(14-3)15-4/h5-7,9,11-13H,1H2,2-4H3. The van der Waals surface area contributed by atoms with Gasteiger partial charge >= 0.3 is 0 Å². The van der Waals surface area contributed by atoms with Crippen molar-refractivity contribution in [3.05, 3.63) is 36.0 Å². The molecule has 0 radical (unpaired) electrons. The first-order chi connectivity index (χ1) is 7.10. The van der Waals surface area contributed by atoms with Crippen LogP contribution in [0.3, 0.4) is 0 Å². The second-order valence-electron chi connectivity index (χ2n) is 3.66. The molecule has 0 aromatic rings. The number of rotatable bonds is 5. The summed E-state index contributed by atoms with van der Waals surface area (Å²) < 4.78 is 10.4. The van der Waals surface area contributed by atoms with Crippen molar-refractivity contribution in [2.45, 2.75) is 19.3 Å². The van der Waals surface area contributed by atoms with E-state index in [9.17, 15) is 5.11 Å². The minimum atomic E-state index is -0.531. The van der Waals surface area contributed by atoms with Gasteiger partial charge in [0.15, 0.2) is 6.29 Å². The zero-order valence-corrected chi connectivity index (χ0v) is 9.43. The average Bonchev–Trinajstić information content (AvgIpc) is 2.59. The molecule has 1 rings (SSSR count). The smallest absolute Gasteiger partial charge is 0.166 e. The van der Waals surface area contributed by atoms with E-state index in [0.717, 1.165) is 11.1 Å². The maximum absolute atomic E-state index is 9.73. The van der Waals surface area contributed by atoms with E-state index >= 15 is 0 Å². The molecule has 0 aromatic carbocycles. The first kappa shape index (κ1) is 12.2. The molecule has 1 aliphatic carbocycles. The Balaban J connectivity index is 2.88. The first-order valence-electron chi connectivity index (χ1n) is 4.92. The van der Waals surface area contributed by atoms with Gasteiger partial charge in [-0.25, -0.2) is 0 Å². The maximum atomic E-state index is 9.73. The number of ether oxygens (including phenoxy) is 2. The van der Waals surface area contributed by atoms with Crippen LogP contribution in [0.5, 0.6) is 0 Å². The molecule has 2 atom stereocenters. The number of allylic oxidation sites excluding steroid dienone is 4. The van der Waals surface area contributed by atoms with Gasteiger partial charge in [-0.3, -0.25) is 0 Å². The van der Waals surface area contributed by atoms with E-state index in [-0.39, 0.29) is 5.92 Å². The van der Waals surface area contributed by atoms with Gasteiger partial charge in [0, 0.05) is 14.2 Å². The normalized spacial score (nSPS) is 19.5. The lowest BCUT2D eigenvalue weighted by atomic mass is 9.94. The number of hydrogen-bond donors (Lipinski definition) is 1. The highest BCUT2D eigenvalue weighted by Crippen LogP contribution is 2.28. The van der Waals surface area contributed by atoms with Crippen molar-refractivity contribution in [3.8, 4) is 0 Å². The Labute approximate surface area is 90.7 Å². The van der Waals surface area contributed by atoms with Crippen LogP contribution in [-0.4, -0.2) is 31.7 Å². The molecule has 0 bridgehead atoms. The molecular formula is C12H18O3. The third-order valence-corrected chi connectivity index (χ3v) is 2.50. The molecule has 0 heterocycles. The summed E-state index contributed by atoms with van der Waals surface area (Å²) in [5.41, 5.74) is 1.92. The molecule has 3 heteroatoms. The number of hydrogen-bond acceptors (Lipinski definition) is 3. The molecule has 84 valence electrons. The highest BCUT2D eigenvalue weighted by molar-refractivity contribution is 5.45. The molecule has 1 N–H and O–H groups in total. The Hall–Kier alpha value is -0.900. The lowest BCUT2D eigenvalue weighted by Gasteiger charge is -2.27. The molecule has 0 fully saturated rings. The Morgan fingerprint density at radius 3 is 2.20 bits per heavy atom. The molecule has 3 nitrogen and oxygen atoms in total. The van der Waals surface area contributed by atoms with Crippen LogP contribution in [0.4, 0.5) is 0 Å². The topological polar surface area (TPSA) is 38.7 Å². The lowest BCUT2D eigenvalue weighted by molar-refractivity contribution is -0.147. The van der Waals surface area contributed by atoms with Crippen LogP contribution in [0, 0.1) is 5.92 Å². The van der Waals surface area contributed by atoms with Crippen LogP contribution in [0.15, 0.2) is 36.0 Å². The zero-order valence-electron chi connectivity index (χ0n) is 9.43. The molecular weight excluding hydrogens is 192 g/mol. The summed E-state index contributed by atoms with van der Waals surface area (Å²) in [4.78, 5) is 0. The van der Waals surface area contributed by atoms with Crippen LogP contribution in [-0.2, 0) is 9.47 Å². The summed E-state index contributed by atoms with van der Waals surface area (Å²) in [5.74, 6) is -0.185. The van der Waals surface area contributed by atoms with Crippen molar-refractivity contribution >= 4 is 0 Å². The van der Waals surface area contributed by atoms with Gasteiger partial charge in [-0.15, -0.1) is 0 Å². The van der Waals surface area contributed by atoms with Gasteiger partial charge in [0.2, 0.25) is 0 Å². The van der Waals surface area contributed by atoms with Gasteiger partial charge < -0.3 is 14.6 Å². The van der Waals surface area contributed by atoms with Gasteiger partial charge in [0.1, 0.15) is 0 Å². The van der Waals surface area contributed by atoms with Crippen LogP contribution < -0.4 is 0 Å². The summed E-state index contributed by atoms with van der Waals surface area (Å²) in [6.45, 7) is 5.56. The fourth-order valence-electron chi connectivity index (χ4n) is 1.77. The minimum Gasteiger partial charge on any atom is -0.393 e. The van der Waals surface area contributed by atoms with E-state index in [2.05, 4.69) is 6.58 Å². The number of methoxy groups -OCH3 is 2. The predicted octanol–water partition coefficient (Wildman–Crippen LogP) is 1.65. The van der Waals surface area contributed by atoms with Gasteiger partial charge in [0.05, 0.1) is 12.0 Å². The second kappa shape index (κ2) is 5.26. The zero-order chi connectivity index (χ0) is 11.4. The predicted molar refractivity (Wildman–Crippen MR) is 59.3 cm³/mol. The molecule has 2 unspecified atom stereocenters. The monoisotopic (exact) mass is 210 g/mol. The molecule has 1 aliphatic rings. The van der Waals surface area contributed by atoms with E-state index in [4.69, 9.17) is 9.47 Å². The summed E-state index contributed by atoms with van der Waals surface area (Å²) in [5, 5.41) is 9.73. The largest absolute Gasteiger partial charge is 0.393 e. The Kier molecular flexibility index (Phi) is 4.27. The summed E-state index contributed by atoms with van der Waals surface area (Å²) in [6, 6.07) is 0. The summed E-state index contributed by atoms with van der Waals surface area (Å²) in [7, 11) is 3.13. The number of aliphatic hydroxyl groups excluding tert-OH is 1. The van der Waals surface area contributed by atoms with Crippen molar-refractivity contribution in [2.24, 2.45) is 5.92 Å². The van der Waals surface area contributed by atoms with Gasteiger partial charge in [-0.1, -0.05) is 24.8 Å². The highest BCUT2D eigenvalue weighted by atomic mass is 16.7. The molecule has 0 amide bonds. The molecule has 15 heavy (non-hydrogen) atoms. The Morgan fingerprint density at radius 2 is 1.87 bits per heavy atom. The number of aliphatic hydroxyl groups is 1. The summed E-state index contributed by atoms with van der Waals surface area (Å²) in [6.07, 6.45) is 4.81. The van der Waals surface area contributed by atoms with E-state index in [0.29, 0.717) is 0 Å². The van der Waals surface area contributed by atoms with Crippen LogP contribution in [0.1, 0.15) is 6.92 Å². The maximum Gasteiger partial charge on any atom is 0.166 e. The third kappa shape index (κ3) is 2.78. The van der Waals surface area contributed by atoms with Crippen molar-refractivity contribution in [1.82, 2.24) is 0 Å². The van der Waals surface area contributed by atoms with Crippen molar-refractivity contribution in [3.63, 3.8) is 0 Å². The third-order valence-electron chi connectivity index (χ3n) is 2.50. The highest BCUT2D eigenvalue weighted by Gasteiger charge is 2.29. The fourth-order valence-corrected chi connectivity index (χ4v) is 1.77. The van der Waals surface area contributed by atoms with Crippen LogP contribution in [0.2, 0.25) is 0 Å². The Morgan fingerprint density at radius 1 is 1.27 bits per heavy atom. The van der Waals surface area contributed by atoms with Crippen molar-refractivity contribution in [2.75, 3.05) is 14.2 Å². The van der Waals surface area contributed by atoms with Gasteiger partial charge in [0.25, 0.3) is 0 Å². The van der Waals surface area contributed by atoms with E-state index in [1.54, 1.807) is 21.1 Å².